The molecule has 3 atom stereocenters. The minimum atomic E-state index is -1.19. The average Bonchev–Trinajstić information content (AvgIpc) is 2.99. The molecule has 1 aliphatic rings. The summed E-state index contributed by atoms with van der Waals surface area (Å²) < 4.78 is 12.3. The number of benzene rings is 2. The first kappa shape index (κ1) is 33.3. The van der Waals surface area contributed by atoms with Gasteiger partial charge in [0.15, 0.2) is 11.5 Å². The largest absolute Gasteiger partial charge is 0.493 e. The van der Waals surface area contributed by atoms with Gasteiger partial charge in [0, 0.05) is 37.1 Å². The van der Waals surface area contributed by atoms with E-state index in [0.29, 0.717) is 38.9 Å². The van der Waals surface area contributed by atoms with E-state index in [9.17, 15) is 24.6 Å². The second-order valence-corrected chi connectivity index (χ2v) is 11.4. The van der Waals surface area contributed by atoms with Gasteiger partial charge >= 0.3 is 0 Å². The summed E-state index contributed by atoms with van der Waals surface area (Å²) in [6.07, 6.45) is 4.53. The van der Waals surface area contributed by atoms with Gasteiger partial charge in [0.2, 0.25) is 11.8 Å². The lowest BCUT2D eigenvalue weighted by Crippen LogP contribution is -2.54. The number of carbonyl (C=O) groups excluding carboxylic acids is 3. The zero-order chi connectivity index (χ0) is 30.6. The fraction of sp³-hybridized carbons (Fsp3) is 0.406. The van der Waals surface area contributed by atoms with Crippen LogP contribution in [0.1, 0.15) is 53.6 Å². The number of amides is 2. The molecule has 2 aromatic rings. The Bertz CT molecular complexity index is 1280. The fourth-order valence-electron chi connectivity index (χ4n) is 4.83. The van der Waals surface area contributed by atoms with Gasteiger partial charge in [0.25, 0.3) is 0 Å². The first-order valence-corrected chi connectivity index (χ1v) is 15.0. The van der Waals surface area contributed by atoms with Crippen LogP contribution in [-0.4, -0.2) is 71.7 Å². The van der Waals surface area contributed by atoms with Crippen molar-refractivity contribution in [2.24, 2.45) is 0 Å². The van der Waals surface area contributed by atoms with Gasteiger partial charge in [0.1, 0.15) is 18.5 Å². The maximum Gasteiger partial charge on any atom is 0.247 e. The number of aldehydes is 1. The van der Waals surface area contributed by atoms with E-state index in [0.717, 1.165) is 24.0 Å². The summed E-state index contributed by atoms with van der Waals surface area (Å²) in [4.78, 5) is 39.8. The highest BCUT2D eigenvalue weighted by molar-refractivity contribution is 14.1. The van der Waals surface area contributed by atoms with Crippen molar-refractivity contribution < 1.29 is 34.1 Å². The first-order valence-electron chi connectivity index (χ1n) is 13.9. The zero-order valence-electron chi connectivity index (χ0n) is 24.1. The second kappa shape index (κ2) is 16.4. The van der Waals surface area contributed by atoms with Crippen molar-refractivity contribution in [3.63, 3.8) is 0 Å². The van der Waals surface area contributed by atoms with E-state index in [4.69, 9.17) is 9.47 Å². The number of nitrogens with one attached hydrogen (secondary N) is 1. The number of carbonyl (C=O) groups is 3. The highest BCUT2D eigenvalue weighted by atomic mass is 127. The molecule has 1 aliphatic carbocycles. The minimum Gasteiger partial charge on any atom is -0.493 e. The van der Waals surface area contributed by atoms with Crippen molar-refractivity contribution in [3.8, 4) is 11.5 Å². The summed E-state index contributed by atoms with van der Waals surface area (Å²) in [5.74, 6) is 0.0524. The summed E-state index contributed by atoms with van der Waals surface area (Å²) in [6, 6.07) is 10.2. The van der Waals surface area contributed by atoms with Crippen LogP contribution in [0.2, 0.25) is 0 Å². The number of aliphatic hydroxyl groups excluding tert-OH is 2. The standard InChI is InChI=1S/C32H39IN2O7/c1-4-5-6-7-8-29(38)35(19-22-11-9-21(2)10-12-22)26-17-24(32(40)34-13-14-36)18-27(30(26)39)42-31-25(33)15-23(20-37)16-28(31)41-3/h4,9-12,15-16,18,20,26-27,30,36,39H,1,5-8,13-14,17,19H2,2-3H3,(H,34,40)/t26-,27+,30+/m1/s1. The SMILES string of the molecule is C=CCCCCC(=O)N(Cc1ccc(C)cc1)[C@@H]1CC(C(=O)NCCO)=C[C@H](Oc2c(I)cc(C=O)cc2OC)[C@H]1O. The van der Waals surface area contributed by atoms with Crippen LogP contribution in [0.3, 0.4) is 0 Å². The monoisotopic (exact) mass is 690 g/mol. The normalized spacial score (nSPS) is 18.0. The second-order valence-electron chi connectivity index (χ2n) is 10.2. The molecule has 0 fully saturated rings. The van der Waals surface area contributed by atoms with Crippen molar-refractivity contribution >= 4 is 40.7 Å². The van der Waals surface area contributed by atoms with Gasteiger partial charge in [-0.05, 0) is 72.5 Å². The Morgan fingerprint density at radius 1 is 1.21 bits per heavy atom. The van der Waals surface area contributed by atoms with Crippen LogP contribution >= 0.6 is 22.6 Å². The summed E-state index contributed by atoms with van der Waals surface area (Å²) in [6.45, 7) is 5.81. The number of methoxy groups -OCH3 is 1. The number of halogens is 1. The molecule has 0 unspecified atom stereocenters. The number of aliphatic hydroxyl groups is 2. The van der Waals surface area contributed by atoms with E-state index in [1.54, 1.807) is 17.0 Å². The van der Waals surface area contributed by atoms with Crippen LogP contribution in [-0.2, 0) is 16.1 Å². The number of ether oxygens (including phenoxy) is 2. The van der Waals surface area contributed by atoms with E-state index in [2.05, 4.69) is 11.9 Å². The number of hydrogen-bond acceptors (Lipinski definition) is 7. The Labute approximate surface area is 260 Å². The van der Waals surface area contributed by atoms with Crippen molar-refractivity contribution in [1.82, 2.24) is 10.2 Å². The van der Waals surface area contributed by atoms with Gasteiger partial charge in [0.05, 0.1) is 23.3 Å². The number of nitrogens with zero attached hydrogens (tertiary/aromatic N) is 1. The lowest BCUT2D eigenvalue weighted by Gasteiger charge is -2.41. The third-order valence-electron chi connectivity index (χ3n) is 7.10. The molecule has 2 aromatic carbocycles. The zero-order valence-corrected chi connectivity index (χ0v) is 26.2. The van der Waals surface area contributed by atoms with Crippen LogP contribution in [0, 0.1) is 10.5 Å². The van der Waals surface area contributed by atoms with Gasteiger partial charge in [-0.1, -0.05) is 35.9 Å². The Morgan fingerprint density at radius 2 is 1.95 bits per heavy atom. The Kier molecular flexibility index (Phi) is 13.0. The first-order chi connectivity index (χ1) is 20.2. The van der Waals surface area contributed by atoms with Crippen LogP contribution < -0.4 is 14.8 Å². The Morgan fingerprint density at radius 3 is 2.60 bits per heavy atom. The number of rotatable bonds is 15. The maximum atomic E-state index is 13.7. The lowest BCUT2D eigenvalue weighted by atomic mass is 9.87. The van der Waals surface area contributed by atoms with E-state index in [-0.39, 0.29) is 38.4 Å². The molecule has 0 saturated heterocycles. The summed E-state index contributed by atoms with van der Waals surface area (Å²) in [7, 11) is 1.45. The summed E-state index contributed by atoms with van der Waals surface area (Å²) in [5.41, 5.74) is 2.71. The van der Waals surface area contributed by atoms with Crippen molar-refractivity contribution in [3.05, 3.63) is 81.0 Å². The molecule has 42 heavy (non-hydrogen) atoms. The lowest BCUT2D eigenvalue weighted by molar-refractivity contribution is -0.139. The predicted octanol–water partition coefficient (Wildman–Crippen LogP) is 4.11. The van der Waals surface area contributed by atoms with E-state index in [1.807, 2.05) is 59.9 Å². The molecule has 0 bridgehead atoms. The van der Waals surface area contributed by atoms with Gasteiger partial charge in [-0.15, -0.1) is 6.58 Å². The molecule has 0 heterocycles. The molecule has 10 heteroatoms. The molecule has 9 nitrogen and oxygen atoms in total. The third kappa shape index (κ3) is 8.89. The molecule has 0 radical (unpaired) electrons. The van der Waals surface area contributed by atoms with Crippen molar-refractivity contribution in [1.29, 1.82) is 0 Å². The molecular weight excluding hydrogens is 651 g/mol. The molecule has 0 aliphatic heterocycles. The van der Waals surface area contributed by atoms with Crippen LogP contribution in [0.15, 0.2) is 60.7 Å². The molecule has 0 aromatic heterocycles. The molecule has 0 saturated carbocycles. The average molecular weight is 691 g/mol. The van der Waals surface area contributed by atoms with Gasteiger partial charge in [-0.2, -0.15) is 0 Å². The number of aryl methyl sites for hydroxylation is 1. The number of hydrogen-bond donors (Lipinski definition) is 3. The highest BCUT2D eigenvalue weighted by Gasteiger charge is 2.41. The van der Waals surface area contributed by atoms with Crippen LogP contribution in [0.4, 0.5) is 0 Å². The fourth-order valence-corrected chi connectivity index (χ4v) is 5.58. The molecule has 3 N–H and O–H groups in total. The number of allylic oxidation sites excluding steroid dienone is 1. The predicted molar refractivity (Wildman–Crippen MR) is 168 cm³/mol. The summed E-state index contributed by atoms with van der Waals surface area (Å²) >= 11 is 2.02. The minimum absolute atomic E-state index is 0.0586. The van der Waals surface area contributed by atoms with Crippen molar-refractivity contribution in [2.75, 3.05) is 20.3 Å². The Hall–Kier alpha value is -3.22. The smallest absolute Gasteiger partial charge is 0.247 e. The highest BCUT2D eigenvalue weighted by Crippen LogP contribution is 2.37. The molecule has 226 valence electrons. The third-order valence-corrected chi connectivity index (χ3v) is 7.90. The van der Waals surface area contributed by atoms with Gasteiger partial charge in [-0.3, -0.25) is 14.4 Å². The summed E-state index contributed by atoms with van der Waals surface area (Å²) in [5, 5.41) is 23.6. The molecule has 0 spiro atoms. The number of unbranched alkanes of at least 4 members (excludes halogenated alkanes) is 2. The van der Waals surface area contributed by atoms with Gasteiger partial charge in [-0.25, -0.2) is 0 Å². The van der Waals surface area contributed by atoms with Crippen LogP contribution in [0.25, 0.3) is 0 Å². The van der Waals surface area contributed by atoms with E-state index < -0.39 is 24.2 Å². The van der Waals surface area contributed by atoms with Crippen LogP contribution in [0.5, 0.6) is 11.5 Å². The topological polar surface area (TPSA) is 125 Å². The molecular formula is C32H39IN2O7. The maximum absolute atomic E-state index is 13.7. The van der Waals surface area contributed by atoms with Gasteiger partial charge < -0.3 is 29.9 Å². The quantitative estimate of drug-likeness (QED) is 0.111. The van der Waals surface area contributed by atoms with E-state index in [1.165, 1.54) is 13.2 Å². The molecule has 2 amide bonds. The Balaban J connectivity index is 2.01. The van der Waals surface area contributed by atoms with Crippen molar-refractivity contribution in [2.45, 2.75) is 63.8 Å². The molecule has 3 rings (SSSR count). The van der Waals surface area contributed by atoms with E-state index >= 15 is 0 Å².